The zero-order valence-corrected chi connectivity index (χ0v) is 13.2. The molecule has 0 unspecified atom stereocenters. The maximum Gasteiger partial charge on any atom is 0.255 e. The predicted octanol–water partition coefficient (Wildman–Crippen LogP) is 3.20. The van der Waals surface area contributed by atoms with Gasteiger partial charge in [0.2, 0.25) is 0 Å². The van der Waals surface area contributed by atoms with Crippen LogP contribution in [-0.4, -0.2) is 22.2 Å². The van der Waals surface area contributed by atoms with Crippen LogP contribution in [-0.2, 0) is 6.42 Å². The number of nitrogens with one attached hydrogen (secondary N) is 1. The molecule has 0 saturated heterocycles. The smallest absolute Gasteiger partial charge is 0.255 e. The molecule has 0 radical (unpaired) electrons. The summed E-state index contributed by atoms with van der Waals surface area (Å²) < 4.78 is 2.51. The summed E-state index contributed by atoms with van der Waals surface area (Å²) in [5.74, 6) is -0.0975. The van der Waals surface area contributed by atoms with E-state index in [1.807, 2.05) is 32.0 Å². The fourth-order valence-electron chi connectivity index (χ4n) is 1.92. The van der Waals surface area contributed by atoms with Crippen molar-refractivity contribution in [2.75, 3.05) is 6.54 Å². The van der Waals surface area contributed by atoms with Crippen molar-refractivity contribution >= 4 is 21.8 Å². The van der Waals surface area contributed by atoms with Crippen molar-refractivity contribution in [3.8, 4) is 0 Å². The van der Waals surface area contributed by atoms with Crippen molar-refractivity contribution in [2.24, 2.45) is 0 Å². The van der Waals surface area contributed by atoms with Gasteiger partial charge in [-0.15, -0.1) is 0 Å². The summed E-state index contributed by atoms with van der Waals surface area (Å²) in [4.78, 5) is 12.1. The molecule has 2 rings (SSSR count). The standard InChI is InChI=1S/C15H18BrN3O/c1-11(2)19-14(16)13(10-18-19)15(20)17-9-8-12-6-4-3-5-7-12/h3-7,10-11H,8-9H2,1-2H3,(H,17,20). The Kier molecular flexibility index (Phi) is 4.95. The average Bonchev–Trinajstić information content (AvgIpc) is 2.82. The Labute approximate surface area is 127 Å². The second kappa shape index (κ2) is 6.70. The molecule has 1 heterocycles. The first kappa shape index (κ1) is 14.8. The first-order valence-corrected chi connectivity index (χ1v) is 7.44. The molecule has 4 nitrogen and oxygen atoms in total. The van der Waals surface area contributed by atoms with E-state index >= 15 is 0 Å². The predicted molar refractivity (Wildman–Crippen MR) is 82.8 cm³/mol. The van der Waals surface area contributed by atoms with Crippen LogP contribution in [0.25, 0.3) is 0 Å². The van der Waals surface area contributed by atoms with E-state index in [-0.39, 0.29) is 11.9 Å². The van der Waals surface area contributed by atoms with Gasteiger partial charge in [-0.3, -0.25) is 9.48 Å². The molecule has 0 bridgehead atoms. The second-order valence-corrected chi connectivity index (χ2v) is 5.63. The number of hydrogen-bond acceptors (Lipinski definition) is 2. The quantitative estimate of drug-likeness (QED) is 0.911. The number of amides is 1. The van der Waals surface area contributed by atoms with Gasteiger partial charge in [-0.05, 0) is 41.8 Å². The van der Waals surface area contributed by atoms with E-state index in [0.717, 1.165) is 11.0 Å². The van der Waals surface area contributed by atoms with Crippen molar-refractivity contribution in [1.29, 1.82) is 0 Å². The van der Waals surface area contributed by atoms with Gasteiger partial charge in [0.1, 0.15) is 4.60 Å². The van der Waals surface area contributed by atoms with E-state index < -0.39 is 0 Å². The molecule has 5 heteroatoms. The van der Waals surface area contributed by atoms with E-state index in [1.165, 1.54) is 5.56 Å². The van der Waals surface area contributed by atoms with Gasteiger partial charge in [-0.2, -0.15) is 5.10 Å². The zero-order valence-electron chi connectivity index (χ0n) is 11.6. The van der Waals surface area contributed by atoms with Gasteiger partial charge in [-0.25, -0.2) is 0 Å². The molecule has 0 aliphatic rings. The van der Waals surface area contributed by atoms with Crippen LogP contribution in [0.5, 0.6) is 0 Å². The highest BCUT2D eigenvalue weighted by atomic mass is 79.9. The third-order valence-electron chi connectivity index (χ3n) is 3.01. The summed E-state index contributed by atoms with van der Waals surface area (Å²) in [6, 6.07) is 10.3. The Balaban J connectivity index is 1.92. The van der Waals surface area contributed by atoms with Crippen LogP contribution in [0.4, 0.5) is 0 Å². The van der Waals surface area contributed by atoms with Crippen LogP contribution >= 0.6 is 15.9 Å². The molecule has 1 aromatic carbocycles. The van der Waals surface area contributed by atoms with E-state index in [1.54, 1.807) is 10.9 Å². The second-order valence-electron chi connectivity index (χ2n) is 4.88. The van der Waals surface area contributed by atoms with Crippen LogP contribution in [0.2, 0.25) is 0 Å². The maximum absolute atomic E-state index is 12.1. The molecule has 20 heavy (non-hydrogen) atoms. The Bertz CT molecular complexity index is 578. The van der Waals surface area contributed by atoms with Gasteiger partial charge in [-0.1, -0.05) is 30.3 Å². The molecule has 1 amide bonds. The summed E-state index contributed by atoms with van der Waals surface area (Å²) in [5.41, 5.74) is 1.79. The molecule has 1 N–H and O–H groups in total. The summed E-state index contributed by atoms with van der Waals surface area (Å²) in [6.07, 6.45) is 2.42. The summed E-state index contributed by atoms with van der Waals surface area (Å²) in [7, 11) is 0. The minimum atomic E-state index is -0.0975. The van der Waals surface area contributed by atoms with E-state index in [9.17, 15) is 4.79 Å². The van der Waals surface area contributed by atoms with Gasteiger partial charge in [0.05, 0.1) is 11.8 Å². The Morgan fingerprint density at radius 1 is 1.35 bits per heavy atom. The first-order valence-electron chi connectivity index (χ1n) is 6.64. The highest BCUT2D eigenvalue weighted by Gasteiger charge is 2.16. The number of aromatic nitrogens is 2. The van der Waals surface area contributed by atoms with E-state index in [0.29, 0.717) is 12.1 Å². The van der Waals surface area contributed by atoms with Crippen molar-refractivity contribution in [3.05, 3.63) is 52.3 Å². The maximum atomic E-state index is 12.1. The first-order chi connectivity index (χ1) is 9.59. The number of rotatable bonds is 5. The van der Waals surface area contributed by atoms with Crippen LogP contribution in [0.3, 0.4) is 0 Å². The molecular formula is C15H18BrN3O. The number of halogens is 1. The fourth-order valence-corrected chi connectivity index (χ4v) is 2.70. The van der Waals surface area contributed by atoms with Gasteiger partial charge in [0.15, 0.2) is 0 Å². The normalized spacial score (nSPS) is 10.8. The molecular weight excluding hydrogens is 318 g/mol. The Morgan fingerprint density at radius 3 is 2.65 bits per heavy atom. The minimum absolute atomic E-state index is 0.0975. The van der Waals surface area contributed by atoms with Gasteiger partial charge in [0, 0.05) is 12.6 Å². The number of benzene rings is 1. The van der Waals surface area contributed by atoms with E-state index in [4.69, 9.17) is 0 Å². The Morgan fingerprint density at radius 2 is 2.05 bits per heavy atom. The fraction of sp³-hybridized carbons (Fsp3) is 0.333. The van der Waals surface area contributed by atoms with Crippen LogP contribution in [0.1, 0.15) is 35.8 Å². The topological polar surface area (TPSA) is 46.9 Å². The molecule has 0 saturated carbocycles. The van der Waals surface area contributed by atoms with Crippen LogP contribution in [0.15, 0.2) is 41.1 Å². The summed E-state index contributed by atoms with van der Waals surface area (Å²) in [5, 5.41) is 7.13. The summed E-state index contributed by atoms with van der Waals surface area (Å²) >= 11 is 3.43. The third-order valence-corrected chi connectivity index (χ3v) is 3.80. The average molecular weight is 336 g/mol. The molecule has 0 aliphatic carbocycles. The van der Waals surface area contributed by atoms with Gasteiger partial charge < -0.3 is 5.32 Å². The third kappa shape index (κ3) is 3.48. The lowest BCUT2D eigenvalue weighted by atomic mass is 10.1. The van der Waals surface area contributed by atoms with E-state index in [2.05, 4.69) is 38.5 Å². The number of hydrogen-bond donors (Lipinski definition) is 1. The molecule has 0 spiro atoms. The molecule has 0 fully saturated rings. The van der Waals surface area contributed by atoms with Crippen LogP contribution < -0.4 is 5.32 Å². The molecule has 1 aromatic heterocycles. The van der Waals surface area contributed by atoms with Crippen molar-refractivity contribution in [1.82, 2.24) is 15.1 Å². The SMILES string of the molecule is CC(C)n1ncc(C(=O)NCCc2ccccc2)c1Br. The lowest BCUT2D eigenvalue weighted by Gasteiger charge is -2.08. The highest BCUT2D eigenvalue weighted by Crippen LogP contribution is 2.20. The lowest BCUT2D eigenvalue weighted by molar-refractivity contribution is 0.0953. The van der Waals surface area contributed by atoms with Crippen molar-refractivity contribution in [2.45, 2.75) is 26.3 Å². The molecule has 0 atom stereocenters. The summed E-state index contributed by atoms with van der Waals surface area (Å²) in [6.45, 7) is 4.66. The number of carbonyl (C=O) groups excluding carboxylic acids is 1. The van der Waals surface area contributed by atoms with Gasteiger partial charge >= 0.3 is 0 Å². The lowest BCUT2D eigenvalue weighted by Crippen LogP contribution is -2.25. The van der Waals surface area contributed by atoms with Gasteiger partial charge in [0.25, 0.3) is 5.91 Å². The molecule has 106 valence electrons. The Hall–Kier alpha value is -1.62. The van der Waals surface area contributed by atoms with Crippen molar-refractivity contribution < 1.29 is 4.79 Å². The zero-order chi connectivity index (χ0) is 14.5. The van der Waals surface area contributed by atoms with Crippen LogP contribution in [0, 0.1) is 0 Å². The molecule has 0 aliphatic heterocycles. The monoisotopic (exact) mass is 335 g/mol. The number of nitrogens with zero attached hydrogens (tertiary/aromatic N) is 2. The highest BCUT2D eigenvalue weighted by molar-refractivity contribution is 9.10. The number of carbonyl (C=O) groups is 1. The van der Waals surface area contributed by atoms with Crippen molar-refractivity contribution in [3.63, 3.8) is 0 Å². The molecule has 2 aromatic rings. The largest absolute Gasteiger partial charge is 0.352 e. The minimum Gasteiger partial charge on any atom is -0.352 e.